The Morgan fingerprint density at radius 3 is 2.35 bits per heavy atom. The number of methoxy groups -OCH3 is 2. The number of rotatable bonds is 6. The van der Waals surface area contributed by atoms with E-state index in [0.717, 1.165) is 16.4 Å². The van der Waals surface area contributed by atoms with Gasteiger partial charge in [-0.15, -0.1) is 0 Å². The zero-order valence-electron chi connectivity index (χ0n) is 17.3. The zero-order chi connectivity index (χ0) is 22.0. The van der Waals surface area contributed by atoms with Crippen LogP contribution in [0.3, 0.4) is 0 Å². The van der Waals surface area contributed by atoms with Gasteiger partial charge in [0, 0.05) is 16.8 Å². The normalized spacial score (nSPS) is 11.8. The minimum absolute atomic E-state index is 0.242. The Morgan fingerprint density at radius 1 is 0.871 bits per heavy atom. The number of ether oxygens (including phenoxy) is 3. The summed E-state index contributed by atoms with van der Waals surface area (Å²) in [6.07, 6.45) is -1.05. The van der Waals surface area contributed by atoms with E-state index in [2.05, 4.69) is 5.32 Å². The van der Waals surface area contributed by atoms with E-state index in [0.29, 0.717) is 22.8 Å². The molecule has 158 valence electrons. The fourth-order valence-corrected chi connectivity index (χ4v) is 3.34. The molecule has 0 bridgehead atoms. The van der Waals surface area contributed by atoms with Crippen molar-refractivity contribution in [1.29, 1.82) is 0 Å². The van der Waals surface area contributed by atoms with Crippen LogP contribution < -0.4 is 14.8 Å². The van der Waals surface area contributed by atoms with E-state index in [1.54, 1.807) is 30.3 Å². The molecule has 0 saturated carbocycles. The highest BCUT2D eigenvalue weighted by molar-refractivity contribution is 6.08. The molecule has 4 rings (SSSR count). The summed E-state index contributed by atoms with van der Waals surface area (Å²) >= 11 is 0. The number of fused-ring (bicyclic) bond motifs is 3. The van der Waals surface area contributed by atoms with Crippen LogP contribution in [0.4, 0.5) is 5.69 Å². The van der Waals surface area contributed by atoms with Crippen LogP contribution in [-0.2, 0) is 9.53 Å². The Kier molecular flexibility index (Phi) is 5.49. The highest BCUT2D eigenvalue weighted by atomic mass is 16.5. The van der Waals surface area contributed by atoms with Crippen LogP contribution in [0.5, 0.6) is 11.5 Å². The molecule has 0 saturated heterocycles. The first-order valence-electron chi connectivity index (χ1n) is 9.66. The predicted octanol–water partition coefficient (Wildman–Crippen LogP) is 4.79. The second-order valence-electron chi connectivity index (χ2n) is 6.88. The maximum atomic E-state index is 12.7. The van der Waals surface area contributed by atoms with Crippen molar-refractivity contribution in [1.82, 2.24) is 0 Å². The summed E-state index contributed by atoms with van der Waals surface area (Å²) in [7, 11) is 2.98. The van der Waals surface area contributed by atoms with E-state index in [1.807, 2.05) is 30.3 Å². The first-order chi connectivity index (χ1) is 15.0. The number of para-hydroxylation sites is 2. The molecular formula is C24H21NO6. The summed E-state index contributed by atoms with van der Waals surface area (Å²) < 4.78 is 21.8. The van der Waals surface area contributed by atoms with Gasteiger partial charge in [-0.05, 0) is 31.2 Å². The van der Waals surface area contributed by atoms with Gasteiger partial charge >= 0.3 is 5.97 Å². The molecule has 1 amide bonds. The number of hydrogen-bond donors (Lipinski definition) is 1. The standard InChI is InChI=1S/C24H21NO6/c1-14(30-24(27)16-9-5-6-10-19(16)28-2)23(26)25-18-13-21-17(12-22(18)29-3)15-8-4-7-11-20(15)31-21/h4-14H,1-3H3,(H,25,26)/t14-/m1/s1. The van der Waals surface area contributed by atoms with Crippen LogP contribution in [0.15, 0.2) is 65.1 Å². The second-order valence-corrected chi connectivity index (χ2v) is 6.88. The molecule has 7 nitrogen and oxygen atoms in total. The molecule has 0 unspecified atom stereocenters. The van der Waals surface area contributed by atoms with E-state index in [9.17, 15) is 9.59 Å². The number of furan rings is 1. The van der Waals surface area contributed by atoms with E-state index in [1.165, 1.54) is 21.1 Å². The van der Waals surface area contributed by atoms with Gasteiger partial charge in [-0.25, -0.2) is 4.79 Å². The molecule has 0 aliphatic heterocycles. The lowest BCUT2D eigenvalue weighted by Crippen LogP contribution is -2.30. The largest absolute Gasteiger partial charge is 0.496 e. The highest BCUT2D eigenvalue weighted by Gasteiger charge is 2.23. The molecule has 1 heterocycles. The smallest absolute Gasteiger partial charge is 0.342 e. The Morgan fingerprint density at radius 2 is 1.58 bits per heavy atom. The molecular weight excluding hydrogens is 398 g/mol. The third-order valence-electron chi connectivity index (χ3n) is 4.94. The number of nitrogens with one attached hydrogen (secondary N) is 1. The average Bonchev–Trinajstić information content (AvgIpc) is 3.15. The average molecular weight is 419 g/mol. The highest BCUT2D eigenvalue weighted by Crippen LogP contribution is 2.36. The van der Waals surface area contributed by atoms with Gasteiger partial charge in [0.2, 0.25) is 0 Å². The number of esters is 1. The zero-order valence-corrected chi connectivity index (χ0v) is 17.3. The Hall–Kier alpha value is -4.00. The lowest BCUT2D eigenvalue weighted by molar-refractivity contribution is -0.123. The summed E-state index contributed by atoms with van der Waals surface area (Å²) in [5.74, 6) is -0.315. The molecule has 0 aliphatic carbocycles. The number of anilines is 1. The Labute approximate surface area is 178 Å². The first-order valence-corrected chi connectivity index (χ1v) is 9.66. The number of carbonyl (C=O) groups excluding carboxylic acids is 2. The summed E-state index contributed by atoms with van der Waals surface area (Å²) in [6.45, 7) is 1.49. The molecule has 1 aromatic heterocycles. The van der Waals surface area contributed by atoms with Crippen molar-refractivity contribution in [2.45, 2.75) is 13.0 Å². The van der Waals surface area contributed by atoms with E-state index >= 15 is 0 Å². The van der Waals surface area contributed by atoms with Gasteiger partial charge in [-0.2, -0.15) is 0 Å². The summed E-state index contributed by atoms with van der Waals surface area (Å²) in [4.78, 5) is 25.2. The van der Waals surface area contributed by atoms with E-state index in [-0.39, 0.29) is 5.56 Å². The van der Waals surface area contributed by atoms with Crippen LogP contribution >= 0.6 is 0 Å². The van der Waals surface area contributed by atoms with Crippen LogP contribution in [0.2, 0.25) is 0 Å². The quantitative estimate of drug-likeness (QED) is 0.452. The molecule has 7 heteroatoms. The monoisotopic (exact) mass is 419 g/mol. The van der Waals surface area contributed by atoms with Crippen LogP contribution in [-0.4, -0.2) is 32.2 Å². The summed E-state index contributed by atoms with van der Waals surface area (Å²) in [5, 5.41) is 4.58. The molecule has 31 heavy (non-hydrogen) atoms. The molecule has 3 aromatic carbocycles. The molecule has 0 aliphatic rings. The van der Waals surface area contributed by atoms with Crippen LogP contribution in [0.1, 0.15) is 17.3 Å². The van der Waals surface area contributed by atoms with Gasteiger partial charge in [0.05, 0.1) is 19.9 Å². The lowest BCUT2D eigenvalue weighted by Gasteiger charge is -2.16. The van der Waals surface area contributed by atoms with Crippen molar-refractivity contribution >= 4 is 39.5 Å². The summed E-state index contributed by atoms with van der Waals surface area (Å²) in [6, 6.07) is 17.8. The fourth-order valence-electron chi connectivity index (χ4n) is 3.34. The predicted molar refractivity (Wildman–Crippen MR) is 117 cm³/mol. The Balaban J connectivity index is 1.55. The maximum absolute atomic E-state index is 12.7. The van der Waals surface area contributed by atoms with Crippen molar-refractivity contribution in [3.8, 4) is 11.5 Å². The van der Waals surface area contributed by atoms with Crippen molar-refractivity contribution < 1.29 is 28.2 Å². The third kappa shape index (κ3) is 3.90. The van der Waals surface area contributed by atoms with Gasteiger partial charge in [0.1, 0.15) is 28.2 Å². The van der Waals surface area contributed by atoms with Crippen LogP contribution in [0.25, 0.3) is 21.9 Å². The van der Waals surface area contributed by atoms with E-state index in [4.69, 9.17) is 18.6 Å². The molecule has 1 atom stereocenters. The molecule has 0 spiro atoms. The first kappa shape index (κ1) is 20.3. The third-order valence-corrected chi connectivity index (χ3v) is 4.94. The van der Waals surface area contributed by atoms with Gasteiger partial charge in [-0.3, -0.25) is 4.79 Å². The van der Waals surface area contributed by atoms with E-state index < -0.39 is 18.0 Å². The lowest BCUT2D eigenvalue weighted by atomic mass is 10.1. The molecule has 1 N–H and O–H groups in total. The number of hydrogen-bond acceptors (Lipinski definition) is 6. The maximum Gasteiger partial charge on any atom is 0.342 e. The van der Waals surface area contributed by atoms with Crippen molar-refractivity contribution in [2.75, 3.05) is 19.5 Å². The van der Waals surface area contributed by atoms with Gasteiger partial charge in [-0.1, -0.05) is 30.3 Å². The van der Waals surface area contributed by atoms with Crippen molar-refractivity contribution in [3.63, 3.8) is 0 Å². The minimum Gasteiger partial charge on any atom is -0.496 e. The van der Waals surface area contributed by atoms with Crippen LogP contribution in [0, 0.1) is 0 Å². The molecule has 0 fully saturated rings. The van der Waals surface area contributed by atoms with Gasteiger partial charge in [0.15, 0.2) is 6.10 Å². The number of benzene rings is 3. The second kappa shape index (κ2) is 8.39. The van der Waals surface area contributed by atoms with Crippen molar-refractivity contribution in [3.05, 3.63) is 66.2 Å². The SMILES string of the molecule is COc1cc2c(cc1NC(=O)[C@@H](C)OC(=O)c1ccccc1OC)oc1ccccc12. The van der Waals surface area contributed by atoms with Gasteiger partial charge < -0.3 is 23.9 Å². The molecule has 0 radical (unpaired) electrons. The van der Waals surface area contributed by atoms with Gasteiger partial charge in [0.25, 0.3) is 5.91 Å². The fraction of sp³-hybridized carbons (Fsp3) is 0.167. The van der Waals surface area contributed by atoms with Crippen molar-refractivity contribution in [2.24, 2.45) is 0 Å². The number of amides is 1. The summed E-state index contributed by atoms with van der Waals surface area (Å²) in [5.41, 5.74) is 2.00. The molecule has 4 aromatic rings. The minimum atomic E-state index is -1.05. The Bertz CT molecular complexity index is 1280. The number of carbonyl (C=O) groups is 2. The topological polar surface area (TPSA) is 87.0 Å².